The van der Waals surface area contributed by atoms with Crippen molar-refractivity contribution >= 4 is 19.8 Å². The van der Waals surface area contributed by atoms with E-state index in [1.54, 1.807) is 0 Å². The quantitative estimate of drug-likeness (QED) is 0.0241. The van der Waals surface area contributed by atoms with Crippen LogP contribution in [0.1, 0.15) is 181 Å². The third kappa shape index (κ3) is 36.6. The Labute approximate surface area is 310 Å². The minimum absolute atomic E-state index is 0.174. The molecule has 0 aliphatic rings. The van der Waals surface area contributed by atoms with Gasteiger partial charge in [0.05, 0.1) is 19.8 Å². The molecule has 0 saturated carbocycles. The van der Waals surface area contributed by atoms with Crippen LogP contribution in [0.4, 0.5) is 0 Å². The highest BCUT2D eigenvalue weighted by molar-refractivity contribution is 7.47. The molecule has 0 aromatic rings. The van der Waals surface area contributed by atoms with Crippen LogP contribution in [0.25, 0.3) is 0 Å². The smallest absolute Gasteiger partial charge is 0.462 e. The number of allylic oxidation sites excluding steroid dienone is 4. The van der Waals surface area contributed by atoms with Crippen molar-refractivity contribution in [2.24, 2.45) is 0 Å². The molecule has 0 aromatic heterocycles. The zero-order chi connectivity index (χ0) is 37.7. The minimum Gasteiger partial charge on any atom is -0.462 e. The Kier molecular flexibility index (Phi) is 35.7. The van der Waals surface area contributed by atoms with Gasteiger partial charge in [-0.2, -0.15) is 0 Å². The molecule has 3 atom stereocenters. The first kappa shape index (κ1) is 49.5. The second kappa shape index (κ2) is 36.8. The van der Waals surface area contributed by atoms with Crippen molar-refractivity contribution in [3.8, 4) is 0 Å². The number of phosphoric acid groups is 1. The fraction of sp³-hybridized carbons (Fsp3) is 0.850. The lowest BCUT2D eigenvalue weighted by Gasteiger charge is -2.20. The van der Waals surface area contributed by atoms with Crippen LogP contribution >= 0.6 is 7.82 Å². The summed E-state index contributed by atoms with van der Waals surface area (Å²) in [5, 5.41) is 18.3. The van der Waals surface area contributed by atoms with E-state index in [1.165, 1.54) is 64.2 Å². The first-order valence-electron chi connectivity index (χ1n) is 20.3. The molecule has 0 fully saturated rings. The second-order valence-corrected chi connectivity index (χ2v) is 15.1. The molecule has 0 amide bonds. The number of phosphoric ester groups is 1. The summed E-state index contributed by atoms with van der Waals surface area (Å²) in [6.07, 6.45) is 34.3. The summed E-state index contributed by atoms with van der Waals surface area (Å²) in [4.78, 5) is 34.9. The molecular formula is C40H75O10P. The largest absolute Gasteiger partial charge is 0.472 e. The van der Waals surface area contributed by atoms with Crippen molar-refractivity contribution in [3.05, 3.63) is 24.3 Å². The lowest BCUT2D eigenvalue weighted by molar-refractivity contribution is -0.161. The van der Waals surface area contributed by atoms with Gasteiger partial charge in [-0.05, 0) is 64.2 Å². The van der Waals surface area contributed by atoms with Crippen molar-refractivity contribution in [1.82, 2.24) is 0 Å². The van der Waals surface area contributed by atoms with Crippen LogP contribution in [-0.2, 0) is 32.7 Å². The Bertz CT molecular complexity index is 910. The summed E-state index contributed by atoms with van der Waals surface area (Å²) in [6.45, 7) is 2.34. The average Bonchev–Trinajstić information content (AvgIpc) is 3.12. The van der Waals surface area contributed by atoms with E-state index in [2.05, 4.69) is 42.7 Å². The van der Waals surface area contributed by atoms with Crippen molar-refractivity contribution < 1.29 is 47.8 Å². The van der Waals surface area contributed by atoms with E-state index in [4.69, 9.17) is 19.1 Å². The van der Waals surface area contributed by atoms with Crippen molar-refractivity contribution in [2.75, 3.05) is 26.4 Å². The normalized spacial score (nSPS) is 14.2. The van der Waals surface area contributed by atoms with Crippen molar-refractivity contribution in [3.63, 3.8) is 0 Å². The summed E-state index contributed by atoms with van der Waals surface area (Å²) < 4.78 is 32.6. The van der Waals surface area contributed by atoms with E-state index in [9.17, 15) is 24.2 Å². The fourth-order valence-electron chi connectivity index (χ4n) is 5.39. The number of hydrogen-bond acceptors (Lipinski definition) is 9. The highest BCUT2D eigenvalue weighted by atomic mass is 31.2. The van der Waals surface area contributed by atoms with Gasteiger partial charge in [-0.15, -0.1) is 0 Å². The Morgan fingerprint density at radius 2 is 0.961 bits per heavy atom. The molecule has 0 aromatic carbocycles. The number of rotatable bonds is 38. The molecule has 11 heteroatoms. The molecule has 0 aliphatic heterocycles. The van der Waals surface area contributed by atoms with Gasteiger partial charge in [-0.3, -0.25) is 18.6 Å². The number of hydrogen-bond donors (Lipinski definition) is 3. The Hall–Kier alpha value is -1.55. The van der Waals surface area contributed by atoms with Crippen LogP contribution in [0.5, 0.6) is 0 Å². The molecule has 0 heterocycles. The third-order valence-corrected chi connectivity index (χ3v) is 9.53. The standard InChI is InChI=1S/C40H75O10P/c1-3-5-7-9-11-13-15-17-18-20-22-24-26-28-30-32-40(44)50-38(36-49-51(45,46)48-34-37(42)33-41)35-47-39(43)31-29-27-25-23-21-19-16-14-12-10-8-6-4-2/h14,16-18,37-38,41-42H,3-13,15,19-36H2,1-2H3,(H,45,46). The molecule has 0 spiro atoms. The SMILES string of the molecule is CCCCCCC=CCCCCCCCC(=O)OCC(COP(=O)(O)OCC(O)CO)OC(=O)CCCCCCCC=CCCCCCCCC. The summed E-state index contributed by atoms with van der Waals surface area (Å²) in [5.74, 6) is -0.943. The summed E-state index contributed by atoms with van der Waals surface area (Å²) in [7, 11) is -4.61. The topological polar surface area (TPSA) is 149 Å². The first-order chi connectivity index (χ1) is 24.7. The number of esters is 2. The highest BCUT2D eigenvalue weighted by Gasteiger charge is 2.27. The van der Waals surface area contributed by atoms with Gasteiger partial charge in [0.25, 0.3) is 0 Å². The maximum Gasteiger partial charge on any atom is 0.472 e. The van der Waals surface area contributed by atoms with Crippen LogP contribution in [0.2, 0.25) is 0 Å². The van der Waals surface area contributed by atoms with Gasteiger partial charge in [-0.1, -0.05) is 128 Å². The molecule has 0 aliphatic carbocycles. The summed E-state index contributed by atoms with van der Waals surface area (Å²) >= 11 is 0. The number of aliphatic hydroxyl groups excluding tert-OH is 2. The summed E-state index contributed by atoms with van der Waals surface area (Å²) in [6, 6.07) is 0. The Morgan fingerprint density at radius 3 is 1.43 bits per heavy atom. The minimum atomic E-state index is -4.61. The maximum absolute atomic E-state index is 12.6. The molecule has 3 unspecified atom stereocenters. The Balaban J connectivity index is 4.36. The molecule has 0 rings (SSSR count). The highest BCUT2D eigenvalue weighted by Crippen LogP contribution is 2.43. The molecule has 3 N–H and O–H groups in total. The predicted octanol–water partition coefficient (Wildman–Crippen LogP) is 10.2. The van der Waals surface area contributed by atoms with E-state index < -0.39 is 51.8 Å². The number of ether oxygens (including phenoxy) is 2. The van der Waals surface area contributed by atoms with Gasteiger partial charge < -0.3 is 24.6 Å². The van der Waals surface area contributed by atoms with Gasteiger partial charge in [0, 0.05) is 12.8 Å². The zero-order valence-corrected chi connectivity index (χ0v) is 33.2. The van der Waals surface area contributed by atoms with Gasteiger partial charge in [0.15, 0.2) is 6.10 Å². The number of carbonyl (C=O) groups is 2. The summed E-state index contributed by atoms with van der Waals surface area (Å²) in [5.41, 5.74) is 0. The number of aliphatic hydroxyl groups is 2. The monoisotopic (exact) mass is 747 g/mol. The molecule has 10 nitrogen and oxygen atoms in total. The van der Waals surface area contributed by atoms with Crippen LogP contribution in [0.3, 0.4) is 0 Å². The lowest BCUT2D eigenvalue weighted by Crippen LogP contribution is -2.29. The fourth-order valence-corrected chi connectivity index (χ4v) is 6.18. The van der Waals surface area contributed by atoms with Gasteiger partial charge >= 0.3 is 19.8 Å². The molecule has 51 heavy (non-hydrogen) atoms. The van der Waals surface area contributed by atoms with Crippen molar-refractivity contribution in [1.29, 1.82) is 0 Å². The Morgan fingerprint density at radius 1 is 0.569 bits per heavy atom. The van der Waals surface area contributed by atoms with Crippen LogP contribution in [-0.4, -0.2) is 65.7 Å². The van der Waals surface area contributed by atoms with Crippen molar-refractivity contribution in [2.45, 2.75) is 193 Å². The average molecular weight is 747 g/mol. The van der Waals surface area contributed by atoms with E-state index in [-0.39, 0.29) is 19.4 Å². The molecule has 0 radical (unpaired) electrons. The van der Waals surface area contributed by atoms with Crippen LogP contribution < -0.4 is 0 Å². The second-order valence-electron chi connectivity index (χ2n) is 13.7. The van der Waals surface area contributed by atoms with E-state index in [0.29, 0.717) is 12.8 Å². The molecular weight excluding hydrogens is 671 g/mol. The number of unbranched alkanes of at least 4 members (excludes halogenated alkanes) is 20. The van der Waals surface area contributed by atoms with E-state index in [1.807, 2.05) is 0 Å². The van der Waals surface area contributed by atoms with Crippen LogP contribution in [0, 0.1) is 0 Å². The predicted molar refractivity (Wildman–Crippen MR) is 205 cm³/mol. The third-order valence-electron chi connectivity index (χ3n) is 8.58. The van der Waals surface area contributed by atoms with Gasteiger partial charge in [0.2, 0.25) is 0 Å². The molecule has 0 bridgehead atoms. The van der Waals surface area contributed by atoms with E-state index >= 15 is 0 Å². The van der Waals surface area contributed by atoms with E-state index in [0.717, 1.165) is 77.0 Å². The zero-order valence-electron chi connectivity index (χ0n) is 32.3. The first-order valence-corrected chi connectivity index (χ1v) is 21.8. The van der Waals surface area contributed by atoms with Gasteiger partial charge in [0.1, 0.15) is 12.7 Å². The molecule has 0 saturated heterocycles. The lowest BCUT2D eigenvalue weighted by atomic mass is 10.1. The maximum atomic E-state index is 12.6. The van der Waals surface area contributed by atoms with Gasteiger partial charge in [-0.25, -0.2) is 4.57 Å². The van der Waals surface area contributed by atoms with Crippen LogP contribution in [0.15, 0.2) is 24.3 Å². The molecule has 300 valence electrons. The number of carbonyl (C=O) groups excluding carboxylic acids is 2.